The van der Waals surface area contributed by atoms with Gasteiger partial charge in [-0.3, -0.25) is 0 Å². The lowest BCUT2D eigenvalue weighted by Crippen LogP contribution is -2.46. The number of unbranched alkanes of at least 4 members (excludes halogenated alkanes) is 1. The second kappa shape index (κ2) is 8.67. The molecule has 0 aliphatic heterocycles. The first kappa shape index (κ1) is 22.7. The molecule has 0 spiro atoms. The molecule has 0 radical (unpaired) electrons. The van der Waals surface area contributed by atoms with E-state index in [1.807, 2.05) is 0 Å². The summed E-state index contributed by atoms with van der Waals surface area (Å²) < 4.78 is 10.2. The van der Waals surface area contributed by atoms with Gasteiger partial charge >= 0.3 is 12.1 Å². The molecule has 0 bridgehead atoms. The molecule has 0 heterocycles. The molecular formula is C17H34N2O5. The molecule has 24 heavy (non-hydrogen) atoms. The number of hydroxylamine groups is 3. The van der Waals surface area contributed by atoms with Crippen LogP contribution in [-0.4, -0.2) is 54.6 Å². The second-order valence-electron chi connectivity index (χ2n) is 8.53. The molecule has 0 aromatic rings. The topological polar surface area (TPSA) is 87.7 Å². The van der Waals surface area contributed by atoms with Gasteiger partial charge in [0.25, 0.3) is 0 Å². The second-order valence-corrected chi connectivity index (χ2v) is 8.53. The van der Waals surface area contributed by atoms with E-state index in [2.05, 4.69) is 5.32 Å². The van der Waals surface area contributed by atoms with Gasteiger partial charge in [-0.2, -0.15) is 0 Å². The standard InChI is InChI=1S/C17H34N2O5/c1-16(2,3)23-14(20)13(11-9-10-12-19(7,8)22)18-15(21)24-17(4,5)6/h13H,9-12H2,1-8H3,(H,18,21)/t13-/m0/s1. The normalized spacial score (nSPS) is 14.0. The predicted octanol–water partition coefficient (Wildman–Crippen LogP) is 2.97. The average Bonchev–Trinajstić information content (AvgIpc) is 2.26. The number of esters is 1. The van der Waals surface area contributed by atoms with Crippen LogP contribution in [-0.2, 0) is 14.3 Å². The van der Waals surface area contributed by atoms with Crippen molar-refractivity contribution < 1.29 is 23.7 Å². The molecule has 0 unspecified atom stereocenters. The van der Waals surface area contributed by atoms with Gasteiger partial charge < -0.3 is 24.6 Å². The minimum Gasteiger partial charge on any atom is -0.633 e. The van der Waals surface area contributed by atoms with Crippen LogP contribution < -0.4 is 5.32 Å². The number of alkyl carbamates (subject to hydrolysis) is 1. The first-order chi connectivity index (χ1) is 10.6. The first-order valence-corrected chi connectivity index (χ1v) is 8.35. The van der Waals surface area contributed by atoms with Crippen molar-refractivity contribution in [3.8, 4) is 0 Å². The maximum atomic E-state index is 12.3. The highest BCUT2D eigenvalue weighted by Gasteiger charge is 2.28. The van der Waals surface area contributed by atoms with E-state index in [1.54, 1.807) is 55.6 Å². The number of nitrogens with one attached hydrogen (secondary N) is 1. The summed E-state index contributed by atoms with van der Waals surface area (Å²) in [4.78, 5) is 24.2. The summed E-state index contributed by atoms with van der Waals surface area (Å²) in [7, 11) is 3.15. The van der Waals surface area contributed by atoms with Gasteiger partial charge in [0, 0.05) is 0 Å². The number of amides is 1. The fourth-order valence-electron chi connectivity index (χ4n) is 1.91. The summed E-state index contributed by atoms with van der Waals surface area (Å²) in [6.45, 7) is 11.0. The third kappa shape index (κ3) is 13.1. The van der Waals surface area contributed by atoms with Crippen LogP contribution in [0.2, 0.25) is 0 Å². The number of carbonyl (C=O) groups is 2. The molecule has 0 aliphatic carbocycles. The van der Waals surface area contributed by atoms with E-state index in [1.165, 1.54) is 0 Å². The van der Waals surface area contributed by atoms with Crippen molar-refractivity contribution in [1.29, 1.82) is 0 Å². The Balaban J connectivity index is 4.71. The van der Waals surface area contributed by atoms with Crippen molar-refractivity contribution in [3.63, 3.8) is 0 Å². The van der Waals surface area contributed by atoms with Crippen LogP contribution in [0.4, 0.5) is 4.79 Å². The molecule has 1 amide bonds. The Hall–Kier alpha value is -1.34. The zero-order valence-electron chi connectivity index (χ0n) is 16.4. The van der Waals surface area contributed by atoms with Crippen LogP contribution in [0.25, 0.3) is 0 Å². The molecule has 0 fully saturated rings. The Morgan fingerprint density at radius 2 is 1.50 bits per heavy atom. The highest BCUT2D eigenvalue weighted by molar-refractivity contribution is 5.81. The minimum atomic E-state index is -0.790. The molecule has 0 aliphatic rings. The van der Waals surface area contributed by atoms with Gasteiger partial charge in [-0.1, -0.05) is 0 Å². The van der Waals surface area contributed by atoms with E-state index in [0.29, 0.717) is 25.8 Å². The molecular weight excluding hydrogens is 312 g/mol. The molecule has 7 heteroatoms. The third-order valence-electron chi connectivity index (χ3n) is 2.82. The van der Waals surface area contributed by atoms with Crippen molar-refractivity contribution in [2.75, 3.05) is 20.6 Å². The summed E-state index contributed by atoms with van der Waals surface area (Å²) in [5.74, 6) is -0.496. The van der Waals surface area contributed by atoms with Gasteiger partial charge in [0.05, 0.1) is 20.6 Å². The Labute approximate surface area is 145 Å². The predicted molar refractivity (Wildman–Crippen MR) is 93.2 cm³/mol. The van der Waals surface area contributed by atoms with E-state index in [-0.39, 0.29) is 4.65 Å². The van der Waals surface area contributed by atoms with Crippen LogP contribution in [0.5, 0.6) is 0 Å². The number of carbonyl (C=O) groups excluding carboxylic acids is 2. The molecule has 1 atom stereocenters. The summed E-state index contributed by atoms with van der Waals surface area (Å²) in [5.41, 5.74) is -1.29. The summed E-state index contributed by atoms with van der Waals surface area (Å²) in [6.07, 6.45) is 1.03. The summed E-state index contributed by atoms with van der Waals surface area (Å²) in [5, 5.41) is 14.1. The molecule has 0 rings (SSSR count). The zero-order valence-corrected chi connectivity index (χ0v) is 16.4. The fourth-order valence-corrected chi connectivity index (χ4v) is 1.91. The molecule has 0 saturated heterocycles. The number of nitrogens with zero attached hydrogens (tertiary/aromatic N) is 1. The van der Waals surface area contributed by atoms with Gasteiger partial charge in [0.2, 0.25) is 0 Å². The summed E-state index contributed by atoms with van der Waals surface area (Å²) in [6, 6.07) is -0.790. The smallest absolute Gasteiger partial charge is 0.408 e. The van der Waals surface area contributed by atoms with Crippen LogP contribution >= 0.6 is 0 Å². The maximum Gasteiger partial charge on any atom is 0.408 e. The molecule has 0 saturated carbocycles. The number of quaternary nitrogens is 1. The number of hydrogen-bond acceptors (Lipinski definition) is 5. The Morgan fingerprint density at radius 3 is 1.92 bits per heavy atom. The van der Waals surface area contributed by atoms with E-state index >= 15 is 0 Å². The lowest BCUT2D eigenvalue weighted by atomic mass is 10.1. The Kier molecular flexibility index (Phi) is 8.18. The molecule has 0 aromatic heterocycles. The Bertz CT molecular complexity index is 416. The third-order valence-corrected chi connectivity index (χ3v) is 2.82. The van der Waals surface area contributed by atoms with Gasteiger partial charge in [-0.05, 0) is 60.8 Å². The van der Waals surface area contributed by atoms with E-state index < -0.39 is 29.3 Å². The van der Waals surface area contributed by atoms with Gasteiger partial charge in [0.15, 0.2) is 0 Å². The first-order valence-electron chi connectivity index (χ1n) is 8.35. The van der Waals surface area contributed by atoms with Gasteiger partial charge in [0.1, 0.15) is 17.2 Å². The van der Waals surface area contributed by atoms with E-state index in [0.717, 1.165) is 0 Å². The van der Waals surface area contributed by atoms with Crippen LogP contribution in [0.1, 0.15) is 60.8 Å². The SMILES string of the molecule is CC(C)(C)OC(=O)N[C@@H](CCCC[N+](C)(C)[O-])C(=O)OC(C)(C)C. The highest BCUT2D eigenvalue weighted by Crippen LogP contribution is 2.13. The Morgan fingerprint density at radius 1 is 1.00 bits per heavy atom. The lowest BCUT2D eigenvalue weighted by Gasteiger charge is -2.33. The van der Waals surface area contributed by atoms with Crippen molar-refractivity contribution in [1.82, 2.24) is 5.32 Å². The molecule has 142 valence electrons. The number of ether oxygens (including phenoxy) is 2. The van der Waals surface area contributed by atoms with Crippen LogP contribution in [0.3, 0.4) is 0 Å². The van der Waals surface area contributed by atoms with Crippen molar-refractivity contribution in [3.05, 3.63) is 5.21 Å². The number of hydrogen-bond donors (Lipinski definition) is 1. The van der Waals surface area contributed by atoms with E-state index in [9.17, 15) is 14.8 Å². The quantitative estimate of drug-likeness (QED) is 0.331. The lowest BCUT2D eigenvalue weighted by molar-refractivity contribution is -0.840. The summed E-state index contributed by atoms with van der Waals surface area (Å²) >= 11 is 0. The van der Waals surface area contributed by atoms with Crippen LogP contribution in [0.15, 0.2) is 0 Å². The van der Waals surface area contributed by atoms with E-state index in [4.69, 9.17) is 9.47 Å². The zero-order chi connectivity index (χ0) is 19.2. The monoisotopic (exact) mass is 346 g/mol. The molecule has 1 N–H and O–H groups in total. The van der Waals surface area contributed by atoms with Crippen molar-refractivity contribution >= 4 is 12.1 Å². The fraction of sp³-hybridized carbons (Fsp3) is 0.882. The van der Waals surface area contributed by atoms with Crippen molar-refractivity contribution in [2.24, 2.45) is 0 Å². The van der Waals surface area contributed by atoms with Crippen LogP contribution in [0, 0.1) is 5.21 Å². The largest absolute Gasteiger partial charge is 0.633 e. The minimum absolute atomic E-state index is 0.378. The maximum absolute atomic E-state index is 12.3. The van der Waals surface area contributed by atoms with Crippen molar-refractivity contribution in [2.45, 2.75) is 78.0 Å². The molecule has 0 aromatic carbocycles. The average molecular weight is 346 g/mol. The highest BCUT2D eigenvalue weighted by atomic mass is 16.6. The number of rotatable bonds is 7. The van der Waals surface area contributed by atoms with Gasteiger partial charge in [-0.25, -0.2) is 9.59 Å². The van der Waals surface area contributed by atoms with Gasteiger partial charge in [-0.15, -0.1) is 0 Å². The molecule has 7 nitrogen and oxygen atoms in total.